The highest BCUT2D eigenvalue weighted by atomic mass is 79.9. The van der Waals surface area contributed by atoms with Gasteiger partial charge in [-0.1, -0.05) is 6.92 Å². The first-order valence-electron chi connectivity index (χ1n) is 5.19. The van der Waals surface area contributed by atoms with E-state index in [0.29, 0.717) is 12.8 Å². The van der Waals surface area contributed by atoms with Crippen molar-refractivity contribution in [3.05, 3.63) is 19.2 Å². The summed E-state index contributed by atoms with van der Waals surface area (Å²) < 4.78 is 24.4. The molecule has 0 amide bonds. The van der Waals surface area contributed by atoms with Crippen molar-refractivity contribution in [2.75, 3.05) is 11.5 Å². The molecule has 0 aliphatic carbocycles. The molecule has 17 heavy (non-hydrogen) atoms. The van der Waals surface area contributed by atoms with Crippen LogP contribution in [0.2, 0.25) is 0 Å². The predicted molar refractivity (Wildman–Crippen MR) is 78.2 cm³/mol. The number of hydrogen-bond acceptors (Lipinski definition) is 4. The van der Waals surface area contributed by atoms with Crippen molar-refractivity contribution in [1.82, 2.24) is 0 Å². The van der Waals surface area contributed by atoms with Crippen molar-refractivity contribution < 1.29 is 13.5 Å². The Morgan fingerprint density at radius 1 is 1.47 bits per heavy atom. The fourth-order valence-electron chi connectivity index (χ4n) is 1.31. The summed E-state index contributed by atoms with van der Waals surface area (Å²) in [6, 6.07) is 1.85. The Morgan fingerprint density at radius 3 is 2.59 bits per heavy atom. The van der Waals surface area contributed by atoms with Gasteiger partial charge >= 0.3 is 0 Å². The average molecular weight is 406 g/mol. The molecule has 0 spiro atoms. The fourth-order valence-corrected chi connectivity index (χ4v) is 4.32. The van der Waals surface area contributed by atoms with Crippen LogP contribution in [0.1, 0.15) is 30.7 Å². The number of aliphatic hydroxyl groups is 1. The topological polar surface area (TPSA) is 54.4 Å². The molecule has 0 saturated heterocycles. The average Bonchev–Trinajstić information content (AvgIpc) is 2.59. The molecular formula is C10H14Br2O3S2. The molecule has 0 radical (unpaired) electrons. The minimum absolute atomic E-state index is 0.147. The SMILES string of the molecule is CCS(=O)(=O)CCCC(O)c1cc(Br)c(Br)s1. The van der Waals surface area contributed by atoms with Crippen LogP contribution in [0.4, 0.5) is 0 Å². The zero-order chi connectivity index (χ0) is 13.1. The minimum atomic E-state index is -2.93. The quantitative estimate of drug-likeness (QED) is 0.787. The van der Waals surface area contributed by atoms with Gasteiger partial charge in [0, 0.05) is 15.1 Å². The third-order valence-corrected chi connectivity index (χ3v) is 7.51. The van der Waals surface area contributed by atoms with E-state index in [2.05, 4.69) is 31.9 Å². The summed E-state index contributed by atoms with van der Waals surface area (Å²) in [7, 11) is -2.93. The van der Waals surface area contributed by atoms with Gasteiger partial charge < -0.3 is 5.11 Å². The molecule has 0 fully saturated rings. The van der Waals surface area contributed by atoms with E-state index in [4.69, 9.17) is 0 Å². The van der Waals surface area contributed by atoms with E-state index in [1.165, 1.54) is 11.3 Å². The Morgan fingerprint density at radius 2 is 2.12 bits per heavy atom. The standard InChI is InChI=1S/C10H14Br2O3S2/c1-2-17(14,15)5-3-4-8(13)9-6-7(11)10(12)16-9/h6,8,13H,2-5H2,1H3. The molecule has 1 heterocycles. The monoisotopic (exact) mass is 404 g/mol. The van der Waals surface area contributed by atoms with Gasteiger partial charge in [0.25, 0.3) is 0 Å². The number of sulfone groups is 1. The Kier molecular flexibility index (Phi) is 6.12. The zero-order valence-electron chi connectivity index (χ0n) is 9.32. The van der Waals surface area contributed by atoms with Crippen LogP contribution >= 0.6 is 43.2 Å². The highest BCUT2D eigenvalue weighted by Crippen LogP contribution is 2.36. The van der Waals surface area contributed by atoms with Gasteiger partial charge in [-0.15, -0.1) is 11.3 Å². The van der Waals surface area contributed by atoms with Crippen LogP contribution in [-0.2, 0) is 9.84 Å². The van der Waals surface area contributed by atoms with Crippen molar-refractivity contribution in [2.45, 2.75) is 25.9 Å². The second-order valence-electron chi connectivity index (χ2n) is 3.66. The molecule has 1 rings (SSSR count). The van der Waals surface area contributed by atoms with Crippen molar-refractivity contribution in [2.24, 2.45) is 0 Å². The maximum absolute atomic E-state index is 11.3. The lowest BCUT2D eigenvalue weighted by molar-refractivity contribution is 0.170. The molecule has 1 unspecified atom stereocenters. The van der Waals surface area contributed by atoms with Crippen LogP contribution in [0, 0.1) is 0 Å². The lowest BCUT2D eigenvalue weighted by Gasteiger charge is -2.07. The number of halogens is 2. The zero-order valence-corrected chi connectivity index (χ0v) is 14.1. The highest BCUT2D eigenvalue weighted by Gasteiger charge is 2.14. The molecule has 0 aliphatic rings. The van der Waals surface area contributed by atoms with Gasteiger partial charge in [0.1, 0.15) is 9.84 Å². The number of thiophene rings is 1. The Labute approximate surface area is 122 Å². The molecule has 98 valence electrons. The predicted octanol–water partition coefficient (Wildman–Crippen LogP) is 3.52. The second kappa shape index (κ2) is 6.65. The van der Waals surface area contributed by atoms with Crippen LogP contribution in [0.25, 0.3) is 0 Å². The molecule has 1 atom stereocenters. The first-order valence-corrected chi connectivity index (χ1v) is 9.41. The van der Waals surface area contributed by atoms with Gasteiger partial charge in [0.15, 0.2) is 0 Å². The van der Waals surface area contributed by atoms with Gasteiger partial charge in [0.05, 0.1) is 15.6 Å². The van der Waals surface area contributed by atoms with E-state index >= 15 is 0 Å². The first-order chi connectivity index (χ1) is 7.85. The van der Waals surface area contributed by atoms with Gasteiger partial charge in [-0.2, -0.15) is 0 Å². The van der Waals surface area contributed by atoms with E-state index in [9.17, 15) is 13.5 Å². The summed E-state index contributed by atoms with van der Waals surface area (Å²) in [5.41, 5.74) is 0. The Hall–Kier alpha value is 0.570. The van der Waals surface area contributed by atoms with Crippen molar-refractivity contribution in [1.29, 1.82) is 0 Å². The van der Waals surface area contributed by atoms with Crippen LogP contribution in [-0.4, -0.2) is 25.0 Å². The van der Waals surface area contributed by atoms with Crippen molar-refractivity contribution in [3.8, 4) is 0 Å². The summed E-state index contributed by atoms with van der Waals surface area (Å²) in [6.45, 7) is 1.64. The van der Waals surface area contributed by atoms with Gasteiger partial charge in [-0.05, 0) is 50.8 Å². The molecule has 1 aromatic heterocycles. The number of rotatable bonds is 6. The Bertz CT molecular complexity index is 448. The van der Waals surface area contributed by atoms with Gasteiger partial charge in [-0.25, -0.2) is 8.42 Å². The highest BCUT2D eigenvalue weighted by molar-refractivity contribution is 9.13. The van der Waals surface area contributed by atoms with Crippen LogP contribution in [0.3, 0.4) is 0 Å². The summed E-state index contributed by atoms with van der Waals surface area (Å²) >= 11 is 8.17. The smallest absolute Gasteiger partial charge is 0.150 e. The van der Waals surface area contributed by atoms with Crippen LogP contribution in [0.5, 0.6) is 0 Å². The summed E-state index contributed by atoms with van der Waals surface area (Å²) in [5.74, 6) is 0.313. The number of hydrogen-bond donors (Lipinski definition) is 1. The second-order valence-corrected chi connectivity index (χ2v) is 9.39. The molecule has 0 bridgehead atoms. The normalized spacial score (nSPS) is 13.9. The van der Waals surface area contributed by atoms with Crippen molar-refractivity contribution in [3.63, 3.8) is 0 Å². The van der Waals surface area contributed by atoms with Gasteiger partial charge in [-0.3, -0.25) is 0 Å². The van der Waals surface area contributed by atoms with E-state index in [0.717, 1.165) is 13.1 Å². The van der Waals surface area contributed by atoms with Crippen LogP contribution < -0.4 is 0 Å². The molecular weight excluding hydrogens is 392 g/mol. The summed E-state index contributed by atoms with van der Waals surface area (Å²) in [6.07, 6.45) is 0.373. The molecule has 1 aromatic rings. The van der Waals surface area contributed by atoms with E-state index < -0.39 is 15.9 Å². The molecule has 0 saturated carbocycles. The maximum atomic E-state index is 11.3. The Balaban J connectivity index is 2.48. The van der Waals surface area contributed by atoms with E-state index in [1.54, 1.807) is 6.92 Å². The number of aliphatic hydroxyl groups excluding tert-OH is 1. The first kappa shape index (κ1) is 15.6. The van der Waals surface area contributed by atoms with Gasteiger partial charge in [0.2, 0.25) is 0 Å². The lowest BCUT2D eigenvalue weighted by Crippen LogP contribution is -2.09. The molecule has 1 N–H and O–H groups in total. The maximum Gasteiger partial charge on any atom is 0.150 e. The molecule has 7 heteroatoms. The lowest BCUT2D eigenvalue weighted by atomic mass is 10.2. The summed E-state index contributed by atoms with van der Waals surface area (Å²) in [5, 5.41) is 9.90. The summed E-state index contributed by atoms with van der Waals surface area (Å²) in [4.78, 5) is 0.845. The third-order valence-electron chi connectivity index (χ3n) is 2.37. The van der Waals surface area contributed by atoms with E-state index in [1.807, 2.05) is 6.07 Å². The van der Waals surface area contributed by atoms with Crippen molar-refractivity contribution >= 4 is 53.0 Å². The third kappa shape index (κ3) is 4.98. The van der Waals surface area contributed by atoms with Crippen LogP contribution in [0.15, 0.2) is 14.3 Å². The molecule has 0 aliphatic heterocycles. The minimum Gasteiger partial charge on any atom is -0.388 e. The molecule has 0 aromatic carbocycles. The fraction of sp³-hybridized carbons (Fsp3) is 0.600. The largest absolute Gasteiger partial charge is 0.388 e. The molecule has 3 nitrogen and oxygen atoms in total. The van der Waals surface area contributed by atoms with E-state index in [-0.39, 0.29) is 11.5 Å².